The van der Waals surface area contributed by atoms with Crippen molar-refractivity contribution in [2.75, 3.05) is 19.6 Å². The highest BCUT2D eigenvalue weighted by atomic mass is 32.2. The van der Waals surface area contributed by atoms with E-state index in [1.165, 1.54) is 0 Å². The highest BCUT2D eigenvalue weighted by molar-refractivity contribution is 7.86. The topological polar surface area (TPSA) is 66.6 Å². The van der Waals surface area contributed by atoms with Gasteiger partial charge in [0, 0.05) is 32.2 Å². The molecule has 0 radical (unpaired) electrons. The predicted molar refractivity (Wildman–Crippen MR) is 89.4 cm³/mol. The number of nitrogens with two attached hydrogens (primary N) is 1. The first kappa shape index (κ1) is 17.4. The Morgan fingerprint density at radius 1 is 1.27 bits per heavy atom. The second-order valence-electron chi connectivity index (χ2n) is 6.02. The molecule has 1 fully saturated rings. The summed E-state index contributed by atoms with van der Waals surface area (Å²) < 4.78 is 28.8. The average Bonchev–Trinajstić information content (AvgIpc) is 2.53. The first-order valence-electron chi connectivity index (χ1n) is 8.00. The summed E-state index contributed by atoms with van der Waals surface area (Å²) in [5.74, 6) is 0.427. The van der Waals surface area contributed by atoms with E-state index in [9.17, 15) is 8.42 Å². The lowest BCUT2D eigenvalue weighted by atomic mass is 9.92. The van der Waals surface area contributed by atoms with Crippen LogP contribution in [0.5, 0.6) is 0 Å². The molecular formula is C16H27N3O2S. The zero-order chi connectivity index (χ0) is 16.2. The summed E-state index contributed by atoms with van der Waals surface area (Å²) in [5, 5.41) is 0. The van der Waals surface area contributed by atoms with E-state index < -0.39 is 10.2 Å². The smallest absolute Gasteiger partial charge is 0.282 e. The fourth-order valence-electron chi connectivity index (χ4n) is 2.94. The highest BCUT2D eigenvalue weighted by Crippen LogP contribution is 2.23. The number of benzene rings is 1. The number of rotatable bonds is 6. The maximum Gasteiger partial charge on any atom is 0.282 e. The Balaban J connectivity index is 2.05. The molecular weight excluding hydrogens is 298 g/mol. The molecule has 0 amide bonds. The Morgan fingerprint density at radius 3 is 2.36 bits per heavy atom. The zero-order valence-corrected chi connectivity index (χ0v) is 14.3. The summed E-state index contributed by atoms with van der Waals surface area (Å²) in [6, 6.07) is 9.86. The summed E-state index contributed by atoms with van der Waals surface area (Å²) >= 11 is 0. The average molecular weight is 325 g/mol. The van der Waals surface area contributed by atoms with E-state index in [0.717, 1.165) is 18.4 Å². The van der Waals surface area contributed by atoms with Crippen LogP contribution in [0.3, 0.4) is 0 Å². The van der Waals surface area contributed by atoms with Crippen LogP contribution in [-0.2, 0) is 16.8 Å². The van der Waals surface area contributed by atoms with Crippen LogP contribution < -0.4 is 5.73 Å². The SMILES string of the molecule is CCN(Cc1ccccc1)S(=O)(=O)N1CCC(C(C)N)CC1. The minimum atomic E-state index is -3.40. The molecule has 6 heteroatoms. The third-order valence-electron chi connectivity index (χ3n) is 4.45. The van der Waals surface area contributed by atoms with Crippen molar-refractivity contribution in [3.8, 4) is 0 Å². The van der Waals surface area contributed by atoms with E-state index in [0.29, 0.717) is 32.1 Å². The minimum Gasteiger partial charge on any atom is -0.328 e. The van der Waals surface area contributed by atoms with Gasteiger partial charge >= 0.3 is 0 Å². The van der Waals surface area contributed by atoms with Crippen LogP contribution in [0.1, 0.15) is 32.3 Å². The van der Waals surface area contributed by atoms with Gasteiger partial charge in [-0.05, 0) is 31.2 Å². The van der Waals surface area contributed by atoms with E-state index in [4.69, 9.17) is 5.73 Å². The lowest BCUT2D eigenvalue weighted by Crippen LogP contribution is -2.48. The van der Waals surface area contributed by atoms with E-state index in [-0.39, 0.29) is 6.04 Å². The minimum absolute atomic E-state index is 0.136. The first-order chi connectivity index (χ1) is 10.4. The summed E-state index contributed by atoms with van der Waals surface area (Å²) in [4.78, 5) is 0. The van der Waals surface area contributed by atoms with Gasteiger partial charge in [-0.25, -0.2) is 0 Å². The molecule has 0 bridgehead atoms. The molecule has 0 saturated carbocycles. The quantitative estimate of drug-likeness (QED) is 0.867. The fraction of sp³-hybridized carbons (Fsp3) is 0.625. The fourth-order valence-corrected chi connectivity index (χ4v) is 4.58. The molecule has 22 heavy (non-hydrogen) atoms. The molecule has 2 N–H and O–H groups in total. The lowest BCUT2D eigenvalue weighted by molar-refractivity contribution is 0.235. The van der Waals surface area contributed by atoms with Crippen molar-refractivity contribution in [3.05, 3.63) is 35.9 Å². The maximum absolute atomic E-state index is 12.8. The normalized spacial score (nSPS) is 19.5. The molecule has 1 aromatic carbocycles. The van der Waals surface area contributed by atoms with Gasteiger partial charge in [0.05, 0.1) is 0 Å². The highest BCUT2D eigenvalue weighted by Gasteiger charge is 2.33. The molecule has 1 heterocycles. The summed E-state index contributed by atoms with van der Waals surface area (Å²) in [6.45, 7) is 5.93. The van der Waals surface area contributed by atoms with E-state index in [1.54, 1.807) is 8.61 Å². The molecule has 1 aliphatic heterocycles. The Kier molecular flexibility index (Phi) is 5.97. The number of hydrogen-bond donors (Lipinski definition) is 1. The Hall–Kier alpha value is -0.950. The standard InChI is InChI=1S/C16H27N3O2S/c1-3-18(13-15-7-5-4-6-8-15)22(20,21)19-11-9-16(10-12-19)14(2)17/h4-8,14,16H,3,9-13,17H2,1-2H3. The summed E-state index contributed by atoms with van der Waals surface area (Å²) in [6.07, 6.45) is 1.69. The molecule has 0 aliphatic carbocycles. The zero-order valence-electron chi connectivity index (χ0n) is 13.5. The number of nitrogens with zero attached hydrogens (tertiary/aromatic N) is 2. The van der Waals surface area contributed by atoms with Crippen molar-refractivity contribution in [3.63, 3.8) is 0 Å². The Bertz CT molecular complexity index is 552. The van der Waals surface area contributed by atoms with Crippen molar-refractivity contribution >= 4 is 10.2 Å². The molecule has 0 aromatic heterocycles. The van der Waals surface area contributed by atoms with Crippen molar-refractivity contribution in [1.29, 1.82) is 0 Å². The van der Waals surface area contributed by atoms with Crippen LogP contribution in [0, 0.1) is 5.92 Å². The molecule has 1 saturated heterocycles. The van der Waals surface area contributed by atoms with Gasteiger partial charge in [-0.2, -0.15) is 17.0 Å². The van der Waals surface area contributed by atoms with Gasteiger partial charge in [-0.15, -0.1) is 0 Å². The monoisotopic (exact) mass is 325 g/mol. The summed E-state index contributed by atoms with van der Waals surface area (Å²) in [7, 11) is -3.40. The van der Waals surface area contributed by atoms with E-state index in [1.807, 2.05) is 44.2 Å². The Labute approximate surface area is 134 Å². The maximum atomic E-state index is 12.8. The first-order valence-corrected chi connectivity index (χ1v) is 9.39. The lowest BCUT2D eigenvalue weighted by Gasteiger charge is -2.35. The third-order valence-corrected chi connectivity index (χ3v) is 6.51. The van der Waals surface area contributed by atoms with Gasteiger partial charge in [0.2, 0.25) is 0 Å². The van der Waals surface area contributed by atoms with Gasteiger partial charge in [0.25, 0.3) is 10.2 Å². The van der Waals surface area contributed by atoms with Crippen LogP contribution in [0.25, 0.3) is 0 Å². The van der Waals surface area contributed by atoms with Crippen molar-refractivity contribution < 1.29 is 8.42 Å². The molecule has 124 valence electrons. The van der Waals surface area contributed by atoms with E-state index >= 15 is 0 Å². The summed E-state index contributed by atoms with van der Waals surface area (Å²) in [5.41, 5.74) is 6.94. The Morgan fingerprint density at radius 2 is 1.86 bits per heavy atom. The second kappa shape index (κ2) is 7.55. The molecule has 1 aliphatic rings. The van der Waals surface area contributed by atoms with Gasteiger partial charge in [0.15, 0.2) is 0 Å². The van der Waals surface area contributed by atoms with Crippen LogP contribution in [0.15, 0.2) is 30.3 Å². The molecule has 1 unspecified atom stereocenters. The van der Waals surface area contributed by atoms with Crippen molar-refractivity contribution in [1.82, 2.24) is 8.61 Å². The van der Waals surface area contributed by atoms with Gasteiger partial charge in [-0.3, -0.25) is 0 Å². The van der Waals surface area contributed by atoms with Crippen LogP contribution in [0.4, 0.5) is 0 Å². The number of piperidine rings is 1. The molecule has 2 rings (SSSR count). The molecule has 0 spiro atoms. The van der Waals surface area contributed by atoms with Crippen molar-refractivity contribution in [2.24, 2.45) is 11.7 Å². The van der Waals surface area contributed by atoms with Gasteiger partial charge in [-0.1, -0.05) is 37.3 Å². The third kappa shape index (κ3) is 4.07. The van der Waals surface area contributed by atoms with Crippen molar-refractivity contribution in [2.45, 2.75) is 39.3 Å². The largest absolute Gasteiger partial charge is 0.328 e. The van der Waals surface area contributed by atoms with Crippen LogP contribution in [-0.4, -0.2) is 42.7 Å². The van der Waals surface area contributed by atoms with Gasteiger partial charge < -0.3 is 5.73 Å². The van der Waals surface area contributed by atoms with E-state index in [2.05, 4.69) is 0 Å². The number of hydrogen-bond acceptors (Lipinski definition) is 3. The molecule has 5 nitrogen and oxygen atoms in total. The molecule has 1 atom stereocenters. The van der Waals surface area contributed by atoms with Crippen LogP contribution in [0.2, 0.25) is 0 Å². The second-order valence-corrected chi connectivity index (χ2v) is 7.94. The van der Waals surface area contributed by atoms with Crippen LogP contribution >= 0.6 is 0 Å². The van der Waals surface area contributed by atoms with Gasteiger partial charge in [0.1, 0.15) is 0 Å². The molecule has 1 aromatic rings. The predicted octanol–water partition coefficient (Wildman–Crippen LogP) is 1.81.